The first-order valence-corrected chi connectivity index (χ1v) is 7.82. The van der Waals surface area contributed by atoms with Crippen LogP contribution >= 0.6 is 0 Å². The molecule has 1 fully saturated rings. The van der Waals surface area contributed by atoms with Crippen LogP contribution in [0, 0.1) is 0 Å². The molecule has 0 bridgehead atoms. The predicted octanol–water partition coefficient (Wildman–Crippen LogP) is 1.62. The summed E-state index contributed by atoms with van der Waals surface area (Å²) >= 11 is 0. The molecule has 1 saturated heterocycles. The Kier molecular flexibility index (Phi) is 3.62. The summed E-state index contributed by atoms with van der Waals surface area (Å²) in [6, 6.07) is 6.84. The van der Waals surface area contributed by atoms with Gasteiger partial charge in [0.2, 0.25) is 0 Å². The normalized spacial score (nSPS) is 17.4. The lowest BCUT2D eigenvalue weighted by molar-refractivity contribution is -0.153. The molecule has 1 aliphatic rings. The Hall–Kier alpha value is -2.37. The van der Waals surface area contributed by atoms with Crippen LogP contribution in [0.1, 0.15) is 33.5 Å². The Bertz CT molecular complexity index is 820. The van der Waals surface area contributed by atoms with Crippen molar-refractivity contribution in [2.45, 2.75) is 45.8 Å². The van der Waals surface area contributed by atoms with E-state index in [1.807, 2.05) is 45.9 Å². The molecule has 6 heteroatoms. The number of aromatic nitrogens is 2. The molecule has 0 saturated carbocycles. The molecule has 0 radical (unpaired) electrons. The summed E-state index contributed by atoms with van der Waals surface area (Å²) in [6.45, 7) is 7.91. The molecule has 1 atom stereocenters. The Labute approximate surface area is 134 Å². The van der Waals surface area contributed by atoms with Crippen LogP contribution in [0.3, 0.4) is 0 Å². The average Bonchev–Trinajstić information content (AvgIpc) is 3.25. The molecule has 0 aliphatic carbocycles. The van der Waals surface area contributed by atoms with Gasteiger partial charge in [0.15, 0.2) is 6.04 Å². The summed E-state index contributed by atoms with van der Waals surface area (Å²) < 4.78 is 6.92. The Morgan fingerprint density at radius 1 is 1.35 bits per heavy atom. The van der Waals surface area contributed by atoms with Gasteiger partial charge in [0.1, 0.15) is 11.4 Å². The summed E-state index contributed by atoms with van der Waals surface area (Å²) in [6.07, 6.45) is 0.609. The van der Waals surface area contributed by atoms with Gasteiger partial charge in [-0.3, -0.25) is 9.80 Å². The van der Waals surface area contributed by atoms with Crippen LogP contribution in [0.15, 0.2) is 29.1 Å². The first-order chi connectivity index (χ1) is 10.8. The van der Waals surface area contributed by atoms with Crippen molar-refractivity contribution in [1.82, 2.24) is 9.66 Å². The lowest BCUT2D eigenvalue weighted by atomic mass is 10.2. The van der Waals surface area contributed by atoms with Crippen molar-refractivity contribution < 1.29 is 9.53 Å². The van der Waals surface area contributed by atoms with E-state index in [9.17, 15) is 9.59 Å². The first kappa shape index (κ1) is 15.5. The molecule has 1 aromatic carbocycles. The van der Waals surface area contributed by atoms with Crippen molar-refractivity contribution >= 4 is 16.9 Å². The third-order valence-corrected chi connectivity index (χ3v) is 3.66. The Balaban J connectivity index is 1.97. The molecule has 1 aromatic heterocycles. The molecular weight excluding hydrogens is 294 g/mol. The van der Waals surface area contributed by atoms with Crippen molar-refractivity contribution in [1.29, 1.82) is 0 Å². The molecule has 0 spiro atoms. The van der Waals surface area contributed by atoms with E-state index in [1.54, 1.807) is 11.1 Å². The quantitative estimate of drug-likeness (QED) is 0.636. The lowest BCUT2D eigenvalue weighted by Crippen LogP contribution is -2.37. The van der Waals surface area contributed by atoms with Gasteiger partial charge in [-0.2, -0.15) is 0 Å². The topological polar surface area (TPSA) is 64.2 Å². The zero-order valence-electron chi connectivity index (χ0n) is 13.9. The van der Waals surface area contributed by atoms with Crippen molar-refractivity contribution in [3.8, 4) is 0 Å². The first-order valence-electron chi connectivity index (χ1n) is 7.82. The molecule has 1 aliphatic heterocycles. The van der Waals surface area contributed by atoms with Crippen LogP contribution in [0.25, 0.3) is 10.9 Å². The summed E-state index contributed by atoms with van der Waals surface area (Å²) in [7, 11) is 0. The van der Waals surface area contributed by atoms with E-state index in [0.717, 1.165) is 0 Å². The van der Waals surface area contributed by atoms with E-state index in [1.165, 1.54) is 4.68 Å². The summed E-state index contributed by atoms with van der Waals surface area (Å²) in [5.41, 5.74) is 0.00528. The van der Waals surface area contributed by atoms with E-state index in [0.29, 0.717) is 29.7 Å². The fourth-order valence-corrected chi connectivity index (χ4v) is 2.58. The molecule has 23 heavy (non-hydrogen) atoms. The number of esters is 1. The van der Waals surface area contributed by atoms with Gasteiger partial charge in [0.25, 0.3) is 5.56 Å². The number of nitrogens with zero attached hydrogens (tertiary/aromatic N) is 3. The third-order valence-electron chi connectivity index (χ3n) is 3.66. The molecule has 122 valence electrons. The minimum absolute atomic E-state index is 0.140. The van der Waals surface area contributed by atoms with E-state index in [2.05, 4.69) is 4.98 Å². The Morgan fingerprint density at radius 2 is 2.04 bits per heavy atom. The number of carbonyl (C=O) groups excluding carboxylic acids is 1. The maximum Gasteiger partial charge on any atom is 0.332 e. The zero-order valence-corrected chi connectivity index (χ0v) is 13.9. The molecule has 1 unspecified atom stereocenters. The van der Waals surface area contributed by atoms with Gasteiger partial charge in [-0.1, -0.05) is 19.1 Å². The van der Waals surface area contributed by atoms with Gasteiger partial charge < -0.3 is 4.74 Å². The van der Waals surface area contributed by atoms with Gasteiger partial charge in [0, 0.05) is 6.42 Å². The van der Waals surface area contributed by atoms with Crippen LogP contribution in [0.5, 0.6) is 0 Å². The number of benzene rings is 1. The monoisotopic (exact) mass is 315 g/mol. The highest BCUT2D eigenvalue weighted by molar-refractivity contribution is 5.83. The molecule has 2 aromatic rings. The van der Waals surface area contributed by atoms with Crippen molar-refractivity contribution in [3.05, 3.63) is 40.4 Å². The lowest BCUT2D eigenvalue weighted by Gasteiger charge is -2.20. The number of para-hydroxylation sites is 1. The molecular formula is C17H21N3O3. The third kappa shape index (κ3) is 2.93. The van der Waals surface area contributed by atoms with Crippen LogP contribution in [0.2, 0.25) is 0 Å². The number of aryl methyl sites for hydroxylation is 1. The van der Waals surface area contributed by atoms with Crippen LogP contribution in [0.4, 0.5) is 0 Å². The molecule has 0 amide bonds. The predicted molar refractivity (Wildman–Crippen MR) is 88.1 cm³/mol. The summed E-state index contributed by atoms with van der Waals surface area (Å²) in [4.78, 5) is 29.5. The van der Waals surface area contributed by atoms with Crippen molar-refractivity contribution in [2.24, 2.45) is 0 Å². The van der Waals surface area contributed by atoms with E-state index in [4.69, 9.17) is 4.74 Å². The van der Waals surface area contributed by atoms with Gasteiger partial charge in [-0.25, -0.2) is 14.5 Å². The summed E-state index contributed by atoms with van der Waals surface area (Å²) in [5, 5.41) is 2.27. The second-order valence-corrected chi connectivity index (χ2v) is 6.69. The fourth-order valence-electron chi connectivity index (χ4n) is 2.58. The number of ether oxygens (including phenoxy) is 1. The van der Waals surface area contributed by atoms with E-state index < -0.39 is 11.6 Å². The van der Waals surface area contributed by atoms with Crippen molar-refractivity contribution in [2.75, 3.05) is 11.6 Å². The van der Waals surface area contributed by atoms with Crippen molar-refractivity contribution in [3.63, 3.8) is 0 Å². The molecule has 6 nitrogen and oxygen atoms in total. The maximum absolute atomic E-state index is 12.8. The van der Waals surface area contributed by atoms with Gasteiger partial charge in [0.05, 0.1) is 17.4 Å². The zero-order chi connectivity index (χ0) is 16.8. The number of hydrogen-bond acceptors (Lipinski definition) is 5. The highest BCUT2D eigenvalue weighted by Gasteiger charge is 2.45. The standard InChI is InChI=1S/C17H21N3O3/c1-5-14-18-12-9-7-6-8-11(12)15(21)20(14)19-10-13(19)16(22)23-17(2,3)4/h6-9,13H,5,10H2,1-4H3. The minimum Gasteiger partial charge on any atom is -0.458 e. The fraction of sp³-hybridized carbons (Fsp3) is 0.471. The Morgan fingerprint density at radius 3 is 2.70 bits per heavy atom. The van der Waals surface area contributed by atoms with E-state index in [-0.39, 0.29) is 11.5 Å². The second kappa shape index (κ2) is 5.37. The number of hydrogen-bond donors (Lipinski definition) is 0. The number of fused-ring (bicyclic) bond motifs is 1. The molecule has 0 N–H and O–H groups in total. The molecule has 3 rings (SSSR count). The van der Waals surface area contributed by atoms with Crippen LogP contribution in [-0.4, -0.2) is 33.8 Å². The minimum atomic E-state index is -0.536. The summed E-state index contributed by atoms with van der Waals surface area (Å²) in [5.74, 6) is 0.347. The smallest absolute Gasteiger partial charge is 0.332 e. The van der Waals surface area contributed by atoms with Gasteiger partial charge in [-0.15, -0.1) is 0 Å². The van der Waals surface area contributed by atoms with E-state index >= 15 is 0 Å². The number of rotatable bonds is 3. The van der Waals surface area contributed by atoms with Crippen LogP contribution < -0.4 is 10.6 Å². The highest BCUT2D eigenvalue weighted by Crippen LogP contribution is 2.21. The second-order valence-electron chi connectivity index (χ2n) is 6.69. The average molecular weight is 315 g/mol. The van der Waals surface area contributed by atoms with Gasteiger partial charge >= 0.3 is 5.97 Å². The van der Waals surface area contributed by atoms with Gasteiger partial charge in [-0.05, 0) is 32.9 Å². The SMILES string of the molecule is CCc1nc2ccccc2c(=O)n1N1CC1C(=O)OC(C)(C)C. The van der Waals surface area contributed by atoms with Crippen LogP contribution in [-0.2, 0) is 16.0 Å². The maximum atomic E-state index is 12.8. The number of carbonyl (C=O) groups is 1. The largest absolute Gasteiger partial charge is 0.458 e. The highest BCUT2D eigenvalue weighted by atomic mass is 16.6. The molecule has 2 heterocycles.